The van der Waals surface area contributed by atoms with E-state index in [1.165, 1.54) is 11.1 Å². The molecule has 1 heterocycles. The fourth-order valence-corrected chi connectivity index (χ4v) is 2.82. The van der Waals surface area contributed by atoms with E-state index < -0.39 is 0 Å². The second-order valence-corrected chi connectivity index (χ2v) is 7.20. The summed E-state index contributed by atoms with van der Waals surface area (Å²) < 4.78 is 5.38. The van der Waals surface area contributed by atoms with Gasteiger partial charge in [0.05, 0.1) is 18.8 Å². The third-order valence-electron chi connectivity index (χ3n) is 4.69. The lowest BCUT2D eigenvalue weighted by molar-refractivity contribution is 0.296. The van der Waals surface area contributed by atoms with Crippen molar-refractivity contribution in [3.8, 4) is 0 Å². The summed E-state index contributed by atoms with van der Waals surface area (Å²) >= 11 is 0. The predicted octanol–water partition coefficient (Wildman–Crippen LogP) is 3.90. The summed E-state index contributed by atoms with van der Waals surface area (Å²) in [4.78, 5) is 7.10. The first-order chi connectivity index (χ1) is 13.5. The zero-order valence-electron chi connectivity index (χ0n) is 18.0. The molecule has 0 fully saturated rings. The molecule has 0 radical (unpaired) electrons. The molecule has 2 aromatic rings. The monoisotopic (exact) mass is 385 g/mol. The lowest BCUT2D eigenvalue weighted by atomic mass is 10.1. The van der Waals surface area contributed by atoms with Crippen molar-refractivity contribution in [2.45, 2.75) is 60.2 Å². The largest absolute Gasteiger partial charge is 0.359 e. The molecule has 0 unspecified atom stereocenters. The first-order valence-corrected chi connectivity index (χ1v) is 10.3. The van der Waals surface area contributed by atoms with Gasteiger partial charge in [0.1, 0.15) is 0 Å². The van der Waals surface area contributed by atoms with E-state index in [-0.39, 0.29) is 0 Å². The van der Waals surface area contributed by atoms with Crippen LogP contribution in [-0.2, 0) is 19.6 Å². The lowest BCUT2D eigenvalue weighted by Gasteiger charge is -2.18. The van der Waals surface area contributed by atoms with Gasteiger partial charge in [-0.25, -0.2) is 4.99 Å². The van der Waals surface area contributed by atoms with Crippen LogP contribution in [0.25, 0.3) is 0 Å². The van der Waals surface area contributed by atoms with E-state index in [4.69, 9.17) is 4.52 Å². The highest BCUT2D eigenvalue weighted by molar-refractivity contribution is 5.79. The fraction of sp³-hybridized carbons (Fsp3) is 0.545. The van der Waals surface area contributed by atoms with Crippen LogP contribution in [0.5, 0.6) is 0 Å². The van der Waals surface area contributed by atoms with Gasteiger partial charge < -0.3 is 15.2 Å². The molecule has 1 aromatic carbocycles. The van der Waals surface area contributed by atoms with Crippen LogP contribution < -0.4 is 10.6 Å². The zero-order valence-corrected chi connectivity index (χ0v) is 18.0. The first kappa shape index (κ1) is 22.0. The average Bonchev–Trinajstić information content (AvgIpc) is 3.18. The summed E-state index contributed by atoms with van der Waals surface area (Å²) in [5, 5.41) is 10.7. The number of aromatic nitrogens is 1. The Morgan fingerprint density at radius 3 is 2.32 bits per heavy atom. The molecule has 0 bridgehead atoms. The summed E-state index contributed by atoms with van der Waals surface area (Å²) in [7, 11) is 0. The molecule has 28 heavy (non-hydrogen) atoms. The number of guanidine groups is 1. The van der Waals surface area contributed by atoms with Crippen LogP contribution in [0.2, 0.25) is 0 Å². The summed E-state index contributed by atoms with van der Waals surface area (Å²) in [6, 6.07) is 10.7. The summed E-state index contributed by atoms with van der Waals surface area (Å²) in [5.41, 5.74) is 3.51. The number of aliphatic imine (C=N–C) groups is 1. The molecular formula is C22H35N5O. The minimum atomic E-state index is 0.365. The Hall–Kier alpha value is -2.34. The Bertz CT molecular complexity index is 717. The average molecular weight is 386 g/mol. The van der Waals surface area contributed by atoms with Crippen LogP contribution in [-0.4, -0.2) is 35.7 Å². The zero-order chi connectivity index (χ0) is 20.4. The van der Waals surface area contributed by atoms with Gasteiger partial charge in [0.25, 0.3) is 0 Å². The molecule has 0 saturated carbocycles. The second kappa shape index (κ2) is 11.5. The maximum atomic E-state index is 5.38. The van der Waals surface area contributed by atoms with Crippen LogP contribution in [0.3, 0.4) is 0 Å². The van der Waals surface area contributed by atoms with Crippen molar-refractivity contribution in [2.75, 3.05) is 19.6 Å². The Labute approximate surface area is 169 Å². The molecule has 0 saturated heterocycles. The second-order valence-electron chi connectivity index (χ2n) is 7.20. The maximum absolute atomic E-state index is 5.38. The maximum Gasteiger partial charge on any atom is 0.191 e. The van der Waals surface area contributed by atoms with E-state index in [1.54, 1.807) is 0 Å². The molecule has 2 N–H and O–H groups in total. The Kier molecular flexibility index (Phi) is 9.01. The molecule has 2 rings (SSSR count). The van der Waals surface area contributed by atoms with Gasteiger partial charge in [-0.3, -0.25) is 4.90 Å². The topological polar surface area (TPSA) is 65.7 Å². The molecular weight excluding hydrogens is 350 g/mol. The first-order valence-electron chi connectivity index (χ1n) is 10.3. The van der Waals surface area contributed by atoms with Crippen LogP contribution in [0.15, 0.2) is 39.8 Å². The van der Waals surface area contributed by atoms with Crippen molar-refractivity contribution in [1.82, 2.24) is 20.7 Å². The number of rotatable bonds is 10. The summed E-state index contributed by atoms with van der Waals surface area (Å²) in [6.07, 6.45) is 0. The Morgan fingerprint density at radius 1 is 1.07 bits per heavy atom. The van der Waals surface area contributed by atoms with Gasteiger partial charge in [-0.15, -0.1) is 0 Å². The highest BCUT2D eigenvalue weighted by Crippen LogP contribution is 2.13. The highest BCUT2D eigenvalue weighted by Gasteiger charge is 2.08. The quantitative estimate of drug-likeness (QED) is 0.480. The normalized spacial score (nSPS) is 12.0. The third-order valence-corrected chi connectivity index (χ3v) is 4.69. The van der Waals surface area contributed by atoms with E-state index in [2.05, 4.69) is 84.6 Å². The van der Waals surface area contributed by atoms with Gasteiger partial charge in [0, 0.05) is 19.2 Å². The van der Waals surface area contributed by atoms with E-state index in [0.717, 1.165) is 43.6 Å². The molecule has 154 valence electrons. The number of nitrogens with one attached hydrogen (secondary N) is 2. The molecule has 0 aliphatic carbocycles. The SMILES string of the molecule is CCNC(=NCc1ccc(CN(CC)CC)cc1)NCc1cc(C(C)C)no1. The van der Waals surface area contributed by atoms with Crippen LogP contribution in [0.1, 0.15) is 63.1 Å². The predicted molar refractivity (Wildman–Crippen MR) is 115 cm³/mol. The number of benzene rings is 1. The van der Waals surface area contributed by atoms with Crippen LogP contribution >= 0.6 is 0 Å². The molecule has 0 aliphatic heterocycles. The molecule has 0 aliphatic rings. The molecule has 6 nitrogen and oxygen atoms in total. The van der Waals surface area contributed by atoms with Crippen molar-refractivity contribution >= 4 is 5.96 Å². The standard InChI is InChI=1S/C22H35N5O/c1-6-23-22(25-15-20-13-21(17(4)5)26-28-20)24-14-18-9-11-19(12-10-18)16-27(7-2)8-3/h9-13,17H,6-8,14-16H2,1-5H3,(H2,23,24,25). The Balaban J connectivity index is 1.92. The van der Waals surface area contributed by atoms with Gasteiger partial charge in [-0.1, -0.05) is 57.1 Å². The van der Waals surface area contributed by atoms with Crippen molar-refractivity contribution in [2.24, 2.45) is 4.99 Å². The number of hydrogen-bond donors (Lipinski definition) is 2. The van der Waals surface area contributed by atoms with E-state index in [1.807, 2.05) is 6.07 Å². The highest BCUT2D eigenvalue weighted by atomic mass is 16.5. The van der Waals surface area contributed by atoms with Gasteiger partial charge in [-0.2, -0.15) is 0 Å². The minimum absolute atomic E-state index is 0.365. The molecule has 0 spiro atoms. The van der Waals surface area contributed by atoms with Crippen molar-refractivity contribution < 1.29 is 4.52 Å². The summed E-state index contributed by atoms with van der Waals surface area (Å²) in [6.45, 7) is 15.8. The van der Waals surface area contributed by atoms with Crippen LogP contribution in [0.4, 0.5) is 0 Å². The lowest BCUT2D eigenvalue weighted by Crippen LogP contribution is -2.36. The van der Waals surface area contributed by atoms with Gasteiger partial charge >= 0.3 is 0 Å². The summed E-state index contributed by atoms with van der Waals surface area (Å²) in [5.74, 6) is 1.95. The minimum Gasteiger partial charge on any atom is -0.359 e. The van der Waals surface area contributed by atoms with Crippen LogP contribution in [0, 0.1) is 0 Å². The van der Waals surface area contributed by atoms with Gasteiger partial charge in [0.2, 0.25) is 0 Å². The Morgan fingerprint density at radius 2 is 1.75 bits per heavy atom. The van der Waals surface area contributed by atoms with E-state index in [9.17, 15) is 0 Å². The molecule has 0 atom stereocenters. The van der Waals surface area contributed by atoms with Crippen molar-refractivity contribution in [1.29, 1.82) is 0 Å². The third kappa shape index (κ3) is 7.00. The fourth-order valence-electron chi connectivity index (χ4n) is 2.82. The number of nitrogens with zero attached hydrogens (tertiary/aromatic N) is 3. The van der Waals surface area contributed by atoms with E-state index >= 15 is 0 Å². The molecule has 0 amide bonds. The molecule has 6 heteroatoms. The van der Waals surface area contributed by atoms with Crippen molar-refractivity contribution in [3.63, 3.8) is 0 Å². The van der Waals surface area contributed by atoms with Gasteiger partial charge in [-0.05, 0) is 37.1 Å². The van der Waals surface area contributed by atoms with Crippen molar-refractivity contribution in [3.05, 3.63) is 52.9 Å². The van der Waals surface area contributed by atoms with Gasteiger partial charge in [0.15, 0.2) is 11.7 Å². The molecule has 1 aromatic heterocycles. The number of hydrogen-bond acceptors (Lipinski definition) is 4. The van der Waals surface area contributed by atoms with E-state index in [0.29, 0.717) is 19.0 Å². The smallest absolute Gasteiger partial charge is 0.191 e.